The second-order valence-corrected chi connectivity index (χ2v) is 5.59. The first-order valence-electron chi connectivity index (χ1n) is 8.12. The molecule has 0 aliphatic carbocycles. The van der Waals surface area contributed by atoms with E-state index in [4.69, 9.17) is 4.74 Å². The summed E-state index contributed by atoms with van der Waals surface area (Å²) >= 11 is 0. The van der Waals surface area contributed by atoms with Crippen molar-refractivity contribution in [1.29, 1.82) is 0 Å². The number of hydrogen-bond donors (Lipinski definition) is 2. The van der Waals surface area contributed by atoms with Crippen molar-refractivity contribution < 1.29 is 9.53 Å². The summed E-state index contributed by atoms with van der Waals surface area (Å²) in [5.41, 5.74) is 1.45. The number of rotatable bonds is 8. The van der Waals surface area contributed by atoms with Crippen molar-refractivity contribution in [2.45, 2.75) is 32.7 Å². The molecule has 128 valence electrons. The summed E-state index contributed by atoms with van der Waals surface area (Å²) in [6.45, 7) is 4.71. The lowest BCUT2D eigenvalue weighted by molar-refractivity contribution is 0.0949. The molecular weight excluding hydrogens is 304 g/mol. The van der Waals surface area contributed by atoms with Crippen molar-refractivity contribution >= 4 is 11.7 Å². The number of nitrogens with one attached hydrogen (secondary N) is 2. The topological polar surface area (TPSA) is 76.1 Å². The Morgan fingerprint density at radius 2 is 1.96 bits per heavy atom. The average Bonchev–Trinajstić information content (AvgIpc) is 2.62. The molecule has 1 aromatic heterocycles. The number of benzene rings is 1. The monoisotopic (exact) mass is 328 g/mol. The molecule has 0 spiro atoms. The van der Waals surface area contributed by atoms with E-state index in [2.05, 4.69) is 34.4 Å². The molecule has 1 atom stereocenters. The van der Waals surface area contributed by atoms with Gasteiger partial charge in [0, 0.05) is 12.6 Å². The number of ether oxygens (including phenoxy) is 1. The molecule has 0 saturated heterocycles. The van der Waals surface area contributed by atoms with Gasteiger partial charge in [-0.1, -0.05) is 19.1 Å². The smallest absolute Gasteiger partial charge is 0.271 e. The van der Waals surface area contributed by atoms with E-state index in [-0.39, 0.29) is 5.91 Å². The fraction of sp³-hybridized carbons (Fsp3) is 0.389. The fourth-order valence-corrected chi connectivity index (χ4v) is 2.08. The van der Waals surface area contributed by atoms with E-state index in [9.17, 15) is 4.79 Å². The van der Waals surface area contributed by atoms with E-state index in [1.165, 1.54) is 6.20 Å². The molecule has 0 radical (unpaired) electrons. The van der Waals surface area contributed by atoms with Crippen LogP contribution in [-0.4, -0.2) is 35.6 Å². The van der Waals surface area contributed by atoms with Gasteiger partial charge in [0.2, 0.25) is 0 Å². The van der Waals surface area contributed by atoms with Crippen LogP contribution < -0.4 is 15.4 Å². The van der Waals surface area contributed by atoms with E-state index < -0.39 is 0 Å². The standard InChI is InChI=1S/C18H24N4O2/c1-4-13(2)22-17-12-20-16(11-21-17)18(23)19-10-9-14-5-7-15(24-3)8-6-14/h5-8,11-13H,4,9-10H2,1-3H3,(H,19,23)(H,21,22). The number of carbonyl (C=O) groups is 1. The molecule has 0 bridgehead atoms. The summed E-state index contributed by atoms with van der Waals surface area (Å²) in [4.78, 5) is 20.5. The van der Waals surface area contributed by atoms with Crippen LogP contribution >= 0.6 is 0 Å². The summed E-state index contributed by atoms with van der Waals surface area (Å²) < 4.78 is 5.12. The lowest BCUT2D eigenvalue weighted by Crippen LogP contribution is -2.26. The number of hydrogen-bond acceptors (Lipinski definition) is 5. The number of aromatic nitrogens is 2. The Labute approximate surface area is 142 Å². The molecule has 6 heteroatoms. The van der Waals surface area contributed by atoms with E-state index in [1.807, 2.05) is 24.3 Å². The maximum absolute atomic E-state index is 12.1. The minimum atomic E-state index is -0.217. The van der Waals surface area contributed by atoms with Gasteiger partial charge in [-0.15, -0.1) is 0 Å². The van der Waals surface area contributed by atoms with Gasteiger partial charge in [0.1, 0.15) is 17.3 Å². The quantitative estimate of drug-likeness (QED) is 0.779. The summed E-state index contributed by atoms with van der Waals surface area (Å²) in [5, 5.41) is 6.07. The van der Waals surface area contributed by atoms with Crippen LogP contribution in [0.5, 0.6) is 5.75 Å². The molecule has 2 rings (SSSR count). The first kappa shape index (κ1) is 17.7. The molecule has 6 nitrogen and oxygen atoms in total. The van der Waals surface area contributed by atoms with Crippen molar-refractivity contribution in [3.63, 3.8) is 0 Å². The Kier molecular flexibility index (Phi) is 6.54. The zero-order chi connectivity index (χ0) is 17.4. The van der Waals surface area contributed by atoms with Crippen LogP contribution in [0, 0.1) is 0 Å². The van der Waals surface area contributed by atoms with Gasteiger partial charge in [0.05, 0.1) is 19.5 Å². The Morgan fingerprint density at radius 1 is 1.21 bits per heavy atom. The third kappa shape index (κ3) is 5.22. The molecule has 1 amide bonds. The van der Waals surface area contributed by atoms with Crippen LogP contribution in [-0.2, 0) is 6.42 Å². The lowest BCUT2D eigenvalue weighted by Gasteiger charge is -2.11. The normalized spacial score (nSPS) is 11.6. The van der Waals surface area contributed by atoms with Gasteiger partial charge < -0.3 is 15.4 Å². The number of methoxy groups -OCH3 is 1. The highest BCUT2D eigenvalue weighted by Crippen LogP contribution is 2.11. The predicted molar refractivity (Wildman–Crippen MR) is 94.4 cm³/mol. The number of nitrogens with zero attached hydrogens (tertiary/aromatic N) is 2. The summed E-state index contributed by atoms with van der Waals surface area (Å²) in [6.07, 6.45) is 4.82. The molecule has 0 saturated carbocycles. The lowest BCUT2D eigenvalue weighted by atomic mass is 10.1. The van der Waals surface area contributed by atoms with Gasteiger partial charge in [0.15, 0.2) is 0 Å². The Balaban J connectivity index is 1.81. The maximum Gasteiger partial charge on any atom is 0.271 e. The second-order valence-electron chi connectivity index (χ2n) is 5.59. The molecule has 1 heterocycles. The zero-order valence-electron chi connectivity index (χ0n) is 14.4. The highest BCUT2D eigenvalue weighted by Gasteiger charge is 2.08. The van der Waals surface area contributed by atoms with Gasteiger partial charge in [-0.2, -0.15) is 0 Å². The van der Waals surface area contributed by atoms with Gasteiger partial charge in [-0.25, -0.2) is 9.97 Å². The molecular formula is C18H24N4O2. The minimum Gasteiger partial charge on any atom is -0.497 e. The van der Waals surface area contributed by atoms with E-state index in [1.54, 1.807) is 13.3 Å². The highest BCUT2D eigenvalue weighted by molar-refractivity contribution is 5.91. The zero-order valence-corrected chi connectivity index (χ0v) is 14.4. The molecule has 24 heavy (non-hydrogen) atoms. The van der Waals surface area contributed by atoms with Gasteiger partial charge in [0.25, 0.3) is 5.91 Å². The molecule has 0 aliphatic rings. The largest absolute Gasteiger partial charge is 0.497 e. The Hall–Kier alpha value is -2.63. The highest BCUT2D eigenvalue weighted by atomic mass is 16.5. The molecule has 1 aromatic carbocycles. The molecule has 0 aliphatic heterocycles. The first-order valence-corrected chi connectivity index (χ1v) is 8.12. The number of carbonyl (C=O) groups excluding carboxylic acids is 1. The van der Waals surface area contributed by atoms with Crippen LogP contribution in [0.25, 0.3) is 0 Å². The number of amides is 1. The summed E-state index contributed by atoms with van der Waals surface area (Å²) in [7, 11) is 1.64. The fourth-order valence-electron chi connectivity index (χ4n) is 2.08. The minimum absolute atomic E-state index is 0.217. The van der Waals surface area contributed by atoms with Gasteiger partial charge >= 0.3 is 0 Å². The Morgan fingerprint density at radius 3 is 2.54 bits per heavy atom. The van der Waals surface area contributed by atoms with Crippen LogP contribution in [0.4, 0.5) is 5.82 Å². The molecule has 2 N–H and O–H groups in total. The van der Waals surface area contributed by atoms with Crippen molar-refractivity contribution in [3.05, 3.63) is 47.9 Å². The SMILES string of the molecule is CCC(C)Nc1cnc(C(=O)NCCc2ccc(OC)cc2)cn1. The van der Waals surface area contributed by atoms with Crippen LogP contribution in [0.15, 0.2) is 36.7 Å². The first-order chi connectivity index (χ1) is 11.6. The van der Waals surface area contributed by atoms with E-state index in [0.29, 0.717) is 24.1 Å². The number of anilines is 1. The van der Waals surface area contributed by atoms with Gasteiger partial charge in [-0.05, 0) is 37.5 Å². The van der Waals surface area contributed by atoms with Crippen molar-refractivity contribution in [2.24, 2.45) is 0 Å². The van der Waals surface area contributed by atoms with Crippen molar-refractivity contribution in [2.75, 3.05) is 19.0 Å². The predicted octanol–water partition coefficient (Wildman–Crippen LogP) is 2.67. The summed E-state index contributed by atoms with van der Waals surface area (Å²) in [5.74, 6) is 1.29. The van der Waals surface area contributed by atoms with E-state index in [0.717, 1.165) is 24.2 Å². The van der Waals surface area contributed by atoms with E-state index >= 15 is 0 Å². The molecule has 0 fully saturated rings. The molecule has 2 aromatic rings. The van der Waals surface area contributed by atoms with Crippen LogP contribution in [0.1, 0.15) is 36.3 Å². The van der Waals surface area contributed by atoms with Gasteiger partial charge in [-0.3, -0.25) is 4.79 Å². The Bertz CT molecular complexity index is 641. The summed E-state index contributed by atoms with van der Waals surface area (Å²) in [6, 6.07) is 8.11. The average molecular weight is 328 g/mol. The second kappa shape index (κ2) is 8.86. The maximum atomic E-state index is 12.1. The van der Waals surface area contributed by atoms with Crippen LogP contribution in [0.2, 0.25) is 0 Å². The van der Waals surface area contributed by atoms with Crippen molar-refractivity contribution in [1.82, 2.24) is 15.3 Å². The third-order valence-corrected chi connectivity index (χ3v) is 3.75. The van der Waals surface area contributed by atoms with Crippen LogP contribution in [0.3, 0.4) is 0 Å². The molecule has 1 unspecified atom stereocenters. The van der Waals surface area contributed by atoms with Crippen molar-refractivity contribution in [3.8, 4) is 5.75 Å². The third-order valence-electron chi connectivity index (χ3n) is 3.75.